The van der Waals surface area contributed by atoms with Crippen LogP contribution < -0.4 is 5.73 Å². The van der Waals surface area contributed by atoms with E-state index in [4.69, 9.17) is 20.6 Å². The smallest absolute Gasteiger partial charge is 0.412 e. The molecule has 24 heavy (non-hydrogen) atoms. The summed E-state index contributed by atoms with van der Waals surface area (Å²) >= 11 is 0. The number of hydrogen-bond donors (Lipinski definition) is 3. The van der Waals surface area contributed by atoms with Gasteiger partial charge < -0.3 is 20.3 Å². The highest BCUT2D eigenvalue weighted by Gasteiger charge is 2.46. The number of nitrogens with one attached hydrogen (secondary N) is 1. The number of amides is 2. The van der Waals surface area contributed by atoms with Gasteiger partial charge in [-0.2, -0.15) is 0 Å². The molecule has 4 unspecified atom stereocenters. The van der Waals surface area contributed by atoms with Crippen molar-refractivity contribution in [3.63, 3.8) is 0 Å². The maximum Gasteiger partial charge on any atom is 0.412 e. The first-order valence-electron chi connectivity index (χ1n) is 8.02. The molecule has 2 amide bonds. The fourth-order valence-corrected chi connectivity index (χ4v) is 3.08. The lowest BCUT2D eigenvalue weighted by atomic mass is 9.94. The van der Waals surface area contributed by atoms with Crippen LogP contribution in [0.25, 0.3) is 0 Å². The Morgan fingerprint density at radius 2 is 2.08 bits per heavy atom. The Labute approximate surface area is 141 Å². The largest absolute Gasteiger partial charge is 0.444 e. The van der Waals surface area contributed by atoms with Gasteiger partial charge in [0.15, 0.2) is 0 Å². The van der Waals surface area contributed by atoms with Crippen LogP contribution in [-0.2, 0) is 9.47 Å². The predicted molar refractivity (Wildman–Crippen MR) is 85.5 cm³/mol. The number of ether oxygens (including phenoxy) is 2. The van der Waals surface area contributed by atoms with Crippen LogP contribution in [0.1, 0.15) is 40.5 Å². The van der Waals surface area contributed by atoms with Gasteiger partial charge in [-0.05, 0) is 40.5 Å². The van der Waals surface area contributed by atoms with Gasteiger partial charge in [-0.15, -0.1) is 0 Å². The van der Waals surface area contributed by atoms with Crippen LogP contribution in [0.5, 0.6) is 0 Å². The van der Waals surface area contributed by atoms with Gasteiger partial charge in [0, 0.05) is 12.6 Å². The van der Waals surface area contributed by atoms with Crippen molar-refractivity contribution in [1.82, 2.24) is 9.80 Å². The number of carbonyl (C=O) groups is 2. The number of carbonyl (C=O) groups excluding carboxylic acids is 2. The van der Waals surface area contributed by atoms with Gasteiger partial charge in [-0.1, -0.05) is 0 Å². The summed E-state index contributed by atoms with van der Waals surface area (Å²) in [6, 6.07) is -1.41. The van der Waals surface area contributed by atoms with Crippen molar-refractivity contribution in [2.45, 2.75) is 70.6 Å². The first kappa shape index (κ1) is 18.3. The number of amidine groups is 1. The molecule has 2 saturated heterocycles. The Morgan fingerprint density at radius 3 is 2.54 bits per heavy atom. The Hall–Kier alpha value is -2.03. The number of nitrogens with two attached hydrogens (primary N) is 1. The second kappa shape index (κ2) is 6.46. The van der Waals surface area contributed by atoms with Crippen LogP contribution in [-0.4, -0.2) is 69.5 Å². The Bertz CT molecular complexity index is 532. The van der Waals surface area contributed by atoms with E-state index in [9.17, 15) is 14.7 Å². The van der Waals surface area contributed by atoms with Crippen LogP contribution in [0.15, 0.2) is 0 Å². The fraction of sp³-hybridized carbons (Fsp3) is 0.800. The highest BCUT2D eigenvalue weighted by molar-refractivity contribution is 5.87. The first-order valence-corrected chi connectivity index (χ1v) is 8.02. The van der Waals surface area contributed by atoms with Crippen LogP contribution in [0.3, 0.4) is 0 Å². The van der Waals surface area contributed by atoms with Gasteiger partial charge >= 0.3 is 12.2 Å². The number of rotatable bonds is 2. The summed E-state index contributed by atoms with van der Waals surface area (Å²) in [7, 11) is 0. The number of aliphatic hydroxyl groups is 1. The fourth-order valence-electron chi connectivity index (χ4n) is 3.08. The molecule has 2 aliphatic rings. The Balaban J connectivity index is 2.12. The molecule has 0 aromatic rings. The van der Waals surface area contributed by atoms with E-state index in [2.05, 4.69) is 0 Å². The highest BCUT2D eigenvalue weighted by atomic mass is 16.7. The topological polar surface area (TPSA) is 129 Å². The number of hydrogen-bond acceptors (Lipinski definition) is 6. The average Bonchev–Trinajstić information content (AvgIpc) is 2.69. The van der Waals surface area contributed by atoms with Gasteiger partial charge in [0.2, 0.25) is 6.29 Å². The van der Waals surface area contributed by atoms with E-state index >= 15 is 0 Å². The summed E-state index contributed by atoms with van der Waals surface area (Å²) in [5.41, 5.74) is 5.02. The van der Waals surface area contributed by atoms with E-state index < -0.39 is 36.2 Å². The van der Waals surface area contributed by atoms with Crippen molar-refractivity contribution in [3.05, 3.63) is 0 Å². The molecule has 0 radical (unpaired) electrons. The molecule has 136 valence electrons. The van der Waals surface area contributed by atoms with Gasteiger partial charge in [0.05, 0.1) is 12.1 Å². The Kier molecular flexibility index (Phi) is 4.93. The zero-order valence-corrected chi connectivity index (χ0v) is 14.5. The van der Waals surface area contributed by atoms with Crippen LogP contribution in [0, 0.1) is 5.41 Å². The lowest BCUT2D eigenvalue weighted by Crippen LogP contribution is -2.58. The molecule has 2 fully saturated rings. The molecule has 4 atom stereocenters. The van der Waals surface area contributed by atoms with Crippen LogP contribution in [0.2, 0.25) is 0 Å². The molecule has 0 saturated carbocycles. The quantitative estimate of drug-likeness (QED) is 0.504. The minimum Gasteiger partial charge on any atom is -0.444 e. The highest BCUT2D eigenvalue weighted by Crippen LogP contribution is 2.29. The number of piperidine rings is 1. The number of nitrogens with zero attached hydrogens (tertiary/aromatic N) is 2. The van der Waals surface area contributed by atoms with E-state index in [1.165, 1.54) is 9.80 Å². The molecule has 0 aliphatic carbocycles. The van der Waals surface area contributed by atoms with Crippen LogP contribution in [0.4, 0.5) is 9.59 Å². The van der Waals surface area contributed by atoms with E-state index in [0.717, 1.165) is 0 Å². The second-order valence-electron chi connectivity index (χ2n) is 7.25. The van der Waals surface area contributed by atoms with Gasteiger partial charge in [-0.25, -0.2) is 9.59 Å². The molecule has 4 N–H and O–H groups in total. The van der Waals surface area contributed by atoms with Crippen molar-refractivity contribution in [1.29, 1.82) is 5.41 Å². The number of likely N-dealkylation sites (tertiary alicyclic amines) is 1. The van der Waals surface area contributed by atoms with E-state index in [-0.39, 0.29) is 11.9 Å². The summed E-state index contributed by atoms with van der Waals surface area (Å²) < 4.78 is 10.2. The van der Waals surface area contributed by atoms with E-state index in [0.29, 0.717) is 19.4 Å². The third-order valence-electron chi connectivity index (χ3n) is 4.24. The van der Waals surface area contributed by atoms with Gasteiger partial charge in [0.25, 0.3) is 0 Å². The maximum absolute atomic E-state index is 12.3. The monoisotopic (exact) mass is 342 g/mol. The second-order valence-corrected chi connectivity index (χ2v) is 7.25. The molecular weight excluding hydrogens is 316 g/mol. The normalized spacial score (nSPS) is 31.0. The average molecular weight is 342 g/mol. The Morgan fingerprint density at radius 1 is 1.46 bits per heavy atom. The molecule has 0 spiro atoms. The summed E-state index contributed by atoms with van der Waals surface area (Å²) in [5.74, 6) is -0.161. The molecule has 0 aromatic heterocycles. The molecule has 2 aliphatic heterocycles. The number of aliphatic hydroxyl groups excluding tert-OH is 1. The summed E-state index contributed by atoms with van der Waals surface area (Å²) in [6.07, 6.45) is -1.49. The van der Waals surface area contributed by atoms with Gasteiger partial charge in [0.1, 0.15) is 11.4 Å². The molecule has 2 heterocycles. The zero-order valence-electron chi connectivity index (χ0n) is 14.5. The molecular formula is C15H26N4O5. The van der Waals surface area contributed by atoms with Crippen molar-refractivity contribution in [2.75, 3.05) is 6.54 Å². The molecule has 9 heteroatoms. The number of cyclic esters (lactones) is 1. The minimum absolute atomic E-state index is 0.161. The van der Waals surface area contributed by atoms with E-state index in [1.54, 1.807) is 27.7 Å². The third-order valence-corrected chi connectivity index (χ3v) is 4.24. The molecule has 0 bridgehead atoms. The maximum atomic E-state index is 12.3. The lowest BCUT2D eigenvalue weighted by Gasteiger charge is -2.42. The molecule has 2 rings (SSSR count). The molecule has 9 nitrogen and oxygen atoms in total. The molecule has 0 aromatic carbocycles. The van der Waals surface area contributed by atoms with Crippen LogP contribution >= 0.6 is 0 Å². The zero-order chi connectivity index (χ0) is 18.2. The summed E-state index contributed by atoms with van der Waals surface area (Å²) in [5, 5.41) is 17.5. The standard InChI is InChI=1S/C15H26N4O5/c1-8-12(20)23-14(22)19(8)9-5-6-18(10(7-9)11(16)17)13(21)24-15(2,3)4/h8-10,12,20H,5-7H2,1-4H3,(H3,16,17). The van der Waals surface area contributed by atoms with Crippen molar-refractivity contribution >= 4 is 18.0 Å². The first-order chi connectivity index (χ1) is 11.0. The van der Waals surface area contributed by atoms with E-state index in [1.807, 2.05) is 0 Å². The summed E-state index contributed by atoms with van der Waals surface area (Å²) in [6.45, 7) is 7.30. The SMILES string of the molecule is CC1C(O)OC(=O)N1C1CCN(C(=O)OC(C)(C)C)C(C(=N)N)C1. The van der Waals surface area contributed by atoms with Crippen molar-refractivity contribution in [3.8, 4) is 0 Å². The van der Waals surface area contributed by atoms with Gasteiger partial charge in [-0.3, -0.25) is 15.2 Å². The van der Waals surface area contributed by atoms with Crippen molar-refractivity contribution in [2.24, 2.45) is 5.73 Å². The minimum atomic E-state index is -1.17. The predicted octanol–water partition coefficient (Wildman–Crippen LogP) is 0.850. The van der Waals surface area contributed by atoms with Crippen molar-refractivity contribution < 1.29 is 24.2 Å². The lowest BCUT2D eigenvalue weighted by molar-refractivity contribution is -0.0369. The summed E-state index contributed by atoms with van der Waals surface area (Å²) in [4.78, 5) is 27.2. The third kappa shape index (κ3) is 3.72.